The molecule has 5 heteroatoms. The van der Waals surface area contributed by atoms with Gasteiger partial charge in [-0.25, -0.2) is 4.79 Å². The highest BCUT2D eigenvalue weighted by Crippen LogP contribution is 2.31. The second-order valence-corrected chi connectivity index (χ2v) is 5.64. The van der Waals surface area contributed by atoms with E-state index < -0.39 is 11.5 Å². The molecular formula is C13H24N2O3. The molecule has 0 aromatic carbocycles. The lowest BCUT2D eigenvalue weighted by Gasteiger charge is -2.37. The van der Waals surface area contributed by atoms with Crippen molar-refractivity contribution in [2.75, 3.05) is 6.54 Å². The van der Waals surface area contributed by atoms with Gasteiger partial charge in [-0.1, -0.05) is 33.1 Å². The minimum Gasteiger partial charge on any atom is -0.481 e. The molecule has 1 aliphatic rings. The van der Waals surface area contributed by atoms with Crippen molar-refractivity contribution in [2.24, 2.45) is 5.92 Å². The number of carbonyl (C=O) groups is 2. The van der Waals surface area contributed by atoms with Gasteiger partial charge in [-0.05, 0) is 18.8 Å². The highest BCUT2D eigenvalue weighted by Gasteiger charge is 2.35. The van der Waals surface area contributed by atoms with Gasteiger partial charge in [-0.2, -0.15) is 0 Å². The van der Waals surface area contributed by atoms with Crippen LogP contribution in [0, 0.1) is 5.92 Å². The molecule has 104 valence electrons. The van der Waals surface area contributed by atoms with E-state index in [1.165, 1.54) is 0 Å². The summed E-state index contributed by atoms with van der Waals surface area (Å²) in [6.45, 7) is 4.65. The summed E-state index contributed by atoms with van der Waals surface area (Å²) in [6.07, 6.45) is 4.62. The van der Waals surface area contributed by atoms with Crippen LogP contribution in [-0.2, 0) is 4.79 Å². The first-order valence-corrected chi connectivity index (χ1v) is 6.71. The van der Waals surface area contributed by atoms with Gasteiger partial charge in [-0.15, -0.1) is 0 Å². The molecule has 2 amide bonds. The van der Waals surface area contributed by atoms with Gasteiger partial charge < -0.3 is 15.7 Å². The van der Waals surface area contributed by atoms with E-state index in [0.717, 1.165) is 32.1 Å². The van der Waals surface area contributed by atoms with Gasteiger partial charge in [0.25, 0.3) is 0 Å². The molecule has 1 saturated carbocycles. The molecule has 18 heavy (non-hydrogen) atoms. The van der Waals surface area contributed by atoms with Gasteiger partial charge in [0, 0.05) is 6.54 Å². The van der Waals surface area contributed by atoms with E-state index in [1.807, 2.05) is 13.8 Å². The molecule has 0 aliphatic heterocycles. The van der Waals surface area contributed by atoms with Crippen LogP contribution < -0.4 is 10.6 Å². The molecule has 1 aliphatic carbocycles. The third-order valence-electron chi connectivity index (χ3n) is 3.35. The number of carboxylic acid groups (broad SMARTS) is 1. The topological polar surface area (TPSA) is 78.4 Å². The second kappa shape index (κ2) is 6.61. The molecule has 3 N–H and O–H groups in total. The maximum atomic E-state index is 11.8. The number of urea groups is 1. The maximum absolute atomic E-state index is 11.8. The van der Waals surface area contributed by atoms with Crippen molar-refractivity contribution in [1.29, 1.82) is 0 Å². The normalized spacial score (nSPS) is 18.4. The fourth-order valence-corrected chi connectivity index (χ4v) is 2.45. The van der Waals surface area contributed by atoms with Crippen LogP contribution in [0.25, 0.3) is 0 Å². The summed E-state index contributed by atoms with van der Waals surface area (Å²) in [7, 11) is 0. The van der Waals surface area contributed by atoms with E-state index in [4.69, 9.17) is 5.11 Å². The van der Waals surface area contributed by atoms with Crippen molar-refractivity contribution < 1.29 is 14.7 Å². The molecule has 0 heterocycles. The highest BCUT2D eigenvalue weighted by atomic mass is 16.4. The Hall–Kier alpha value is -1.26. The molecule has 0 spiro atoms. The Bertz CT molecular complexity index is 297. The third kappa shape index (κ3) is 4.94. The predicted molar refractivity (Wildman–Crippen MR) is 69.4 cm³/mol. The van der Waals surface area contributed by atoms with E-state index >= 15 is 0 Å². The lowest BCUT2D eigenvalue weighted by molar-refractivity contribution is -0.139. The number of aliphatic carboxylic acids is 1. The molecule has 0 atom stereocenters. The van der Waals surface area contributed by atoms with E-state index in [2.05, 4.69) is 10.6 Å². The van der Waals surface area contributed by atoms with E-state index in [-0.39, 0.29) is 12.5 Å². The van der Waals surface area contributed by atoms with Crippen molar-refractivity contribution in [3.8, 4) is 0 Å². The zero-order valence-corrected chi connectivity index (χ0v) is 11.3. The van der Waals surface area contributed by atoms with Gasteiger partial charge in [0.05, 0.1) is 12.0 Å². The van der Waals surface area contributed by atoms with Gasteiger partial charge in [-0.3, -0.25) is 4.79 Å². The lowest BCUT2D eigenvalue weighted by atomic mass is 9.79. The van der Waals surface area contributed by atoms with Crippen LogP contribution in [-0.4, -0.2) is 29.2 Å². The molecule has 0 radical (unpaired) electrons. The molecule has 0 bridgehead atoms. The van der Waals surface area contributed by atoms with E-state index in [0.29, 0.717) is 12.5 Å². The fourth-order valence-electron chi connectivity index (χ4n) is 2.45. The molecule has 1 fully saturated rings. The largest absolute Gasteiger partial charge is 0.481 e. The Morgan fingerprint density at radius 2 is 1.83 bits per heavy atom. The smallest absolute Gasteiger partial charge is 0.315 e. The minimum absolute atomic E-state index is 0.0160. The SMILES string of the molecule is CC(C)CNC(=O)NC1(CC(=O)O)CCCCC1. The van der Waals surface area contributed by atoms with E-state index in [9.17, 15) is 9.59 Å². The molecule has 0 saturated heterocycles. The molecule has 1 rings (SSSR count). The van der Waals surface area contributed by atoms with Gasteiger partial charge >= 0.3 is 12.0 Å². The average Bonchev–Trinajstić information content (AvgIpc) is 2.26. The molecule has 0 aromatic heterocycles. The number of nitrogens with one attached hydrogen (secondary N) is 2. The Balaban J connectivity index is 2.55. The van der Waals surface area contributed by atoms with Crippen molar-refractivity contribution in [2.45, 2.75) is 57.9 Å². The summed E-state index contributed by atoms with van der Waals surface area (Å²) in [4.78, 5) is 22.7. The van der Waals surface area contributed by atoms with Crippen LogP contribution >= 0.6 is 0 Å². The number of carbonyl (C=O) groups excluding carboxylic acids is 1. The zero-order valence-electron chi connectivity index (χ0n) is 11.3. The third-order valence-corrected chi connectivity index (χ3v) is 3.35. The van der Waals surface area contributed by atoms with Crippen LogP contribution in [0.1, 0.15) is 52.4 Å². The summed E-state index contributed by atoms with van der Waals surface area (Å²) in [5.74, 6) is -0.460. The van der Waals surface area contributed by atoms with Crippen LogP contribution in [0.3, 0.4) is 0 Å². The van der Waals surface area contributed by atoms with Crippen LogP contribution in [0.2, 0.25) is 0 Å². The number of amides is 2. The Morgan fingerprint density at radius 3 is 2.33 bits per heavy atom. The Labute approximate surface area is 108 Å². The number of hydrogen-bond acceptors (Lipinski definition) is 2. The van der Waals surface area contributed by atoms with Crippen molar-refractivity contribution in [1.82, 2.24) is 10.6 Å². The minimum atomic E-state index is -0.846. The quantitative estimate of drug-likeness (QED) is 0.705. The second-order valence-electron chi connectivity index (χ2n) is 5.64. The van der Waals surface area contributed by atoms with Gasteiger partial charge in [0.2, 0.25) is 0 Å². The lowest BCUT2D eigenvalue weighted by Crippen LogP contribution is -2.54. The zero-order chi connectivity index (χ0) is 13.6. The maximum Gasteiger partial charge on any atom is 0.315 e. The first-order valence-electron chi connectivity index (χ1n) is 6.71. The van der Waals surface area contributed by atoms with Crippen LogP contribution in [0.4, 0.5) is 4.79 Å². The predicted octanol–water partition coefficient (Wildman–Crippen LogP) is 2.12. The Morgan fingerprint density at radius 1 is 1.22 bits per heavy atom. The van der Waals surface area contributed by atoms with Gasteiger partial charge in [0.15, 0.2) is 0 Å². The highest BCUT2D eigenvalue weighted by molar-refractivity contribution is 5.76. The summed E-state index contributed by atoms with van der Waals surface area (Å²) in [5, 5.41) is 14.7. The molecule has 0 unspecified atom stereocenters. The Kier molecular flexibility index (Phi) is 5.44. The summed E-state index contributed by atoms with van der Waals surface area (Å²) in [5.41, 5.74) is -0.550. The van der Waals surface area contributed by atoms with Crippen molar-refractivity contribution in [3.05, 3.63) is 0 Å². The van der Waals surface area contributed by atoms with Crippen molar-refractivity contribution in [3.63, 3.8) is 0 Å². The summed E-state index contributed by atoms with van der Waals surface area (Å²) < 4.78 is 0. The molecule has 5 nitrogen and oxygen atoms in total. The number of rotatable bonds is 5. The summed E-state index contributed by atoms with van der Waals surface area (Å²) >= 11 is 0. The first-order chi connectivity index (χ1) is 8.43. The monoisotopic (exact) mass is 256 g/mol. The summed E-state index contributed by atoms with van der Waals surface area (Å²) in [6, 6.07) is -0.244. The standard InChI is InChI=1S/C13H24N2O3/c1-10(2)9-14-12(18)15-13(8-11(16)17)6-4-3-5-7-13/h10H,3-9H2,1-2H3,(H,16,17)(H2,14,15,18). The molecule has 0 aromatic rings. The average molecular weight is 256 g/mol. The first kappa shape index (κ1) is 14.8. The van der Waals surface area contributed by atoms with Crippen molar-refractivity contribution >= 4 is 12.0 Å². The molecular weight excluding hydrogens is 232 g/mol. The van der Waals surface area contributed by atoms with E-state index in [1.54, 1.807) is 0 Å². The fraction of sp³-hybridized carbons (Fsp3) is 0.846. The number of hydrogen-bond donors (Lipinski definition) is 3. The van der Waals surface area contributed by atoms with Crippen LogP contribution in [0.15, 0.2) is 0 Å². The van der Waals surface area contributed by atoms with Gasteiger partial charge in [0.1, 0.15) is 0 Å². The number of carboxylic acids is 1. The van der Waals surface area contributed by atoms with Crippen LogP contribution in [0.5, 0.6) is 0 Å².